The van der Waals surface area contributed by atoms with Gasteiger partial charge in [0.2, 0.25) is 0 Å². The number of amides is 1. The predicted molar refractivity (Wildman–Crippen MR) is 94.3 cm³/mol. The maximum Gasteiger partial charge on any atom is 0.257 e. The Morgan fingerprint density at radius 1 is 1.17 bits per heavy atom. The molecule has 1 N–H and O–H groups in total. The second-order valence-electron chi connectivity index (χ2n) is 6.21. The van der Waals surface area contributed by atoms with Crippen LogP contribution in [0.1, 0.15) is 34.9 Å². The first-order chi connectivity index (χ1) is 11.7. The van der Waals surface area contributed by atoms with E-state index in [0.29, 0.717) is 17.1 Å². The van der Waals surface area contributed by atoms with Crippen molar-refractivity contribution < 1.29 is 9.53 Å². The Labute approximate surface area is 146 Å². The van der Waals surface area contributed by atoms with E-state index in [-0.39, 0.29) is 18.2 Å². The molecule has 2 aliphatic rings. The Balaban J connectivity index is 1.73. The number of ether oxygens (including phenoxy) is 1. The number of rotatable bonds is 3. The third kappa shape index (κ3) is 2.76. The second kappa shape index (κ2) is 6.46. The standard InChI is InChI=1S/C19H19ClN2O2/c20-16-9-3-1-7-14(16)18-21-17-10-4-2-8-15(17)19(23)22(18)12-13-6-5-11-24-13/h1-4,7-10,13,18,21H,5-6,11-12H2. The number of fused-ring (bicyclic) bond motifs is 1. The predicted octanol–water partition coefficient (Wildman–Crippen LogP) is 4.09. The van der Waals surface area contributed by atoms with Crippen LogP contribution >= 0.6 is 11.6 Å². The number of hydrogen-bond donors (Lipinski definition) is 1. The first kappa shape index (κ1) is 15.5. The van der Waals surface area contributed by atoms with Crippen molar-refractivity contribution in [2.45, 2.75) is 25.1 Å². The van der Waals surface area contributed by atoms with Crippen molar-refractivity contribution in [3.8, 4) is 0 Å². The van der Waals surface area contributed by atoms with Crippen molar-refractivity contribution in [3.63, 3.8) is 0 Å². The van der Waals surface area contributed by atoms with Crippen LogP contribution < -0.4 is 5.32 Å². The highest BCUT2D eigenvalue weighted by Gasteiger charge is 2.35. The Morgan fingerprint density at radius 3 is 2.75 bits per heavy atom. The zero-order valence-electron chi connectivity index (χ0n) is 13.2. The monoisotopic (exact) mass is 342 g/mol. The van der Waals surface area contributed by atoms with E-state index in [4.69, 9.17) is 16.3 Å². The molecular formula is C19H19ClN2O2. The molecule has 2 aromatic carbocycles. The normalized spacial score (nSPS) is 23.0. The molecule has 2 atom stereocenters. The maximum absolute atomic E-state index is 13.1. The topological polar surface area (TPSA) is 41.6 Å². The summed E-state index contributed by atoms with van der Waals surface area (Å²) in [5.41, 5.74) is 2.44. The molecule has 0 aromatic heterocycles. The molecule has 4 rings (SSSR count). The first-order valence-electron chi connectivity index (χ1n) is 8.26. The molecule has 5 heteroatoms. The number of anilines is 1. The highest BCUT2D eigenvalue weighted by molar-refractivity contribution is 6.31. The van der Waals surface area contributed by atoms with Crippen LogP contribution in [0.2, 0.25) is 5.02 Å². The minimum atomic E-state index is -0.287. The van der Waals surface area contributed by atoms with Gasteiger partial charge in [0.1, 0.15) is 6.17 Å². The third-order valence-corrected chi connectivity index (χ3v) is 4.99. The number of carbonyl (C=O) groups excluding carboxylic acids is 1. The van der Waals surface area contributed by atoms with E-state index in [2.05, 4.69) is 5.32 Å². The number of hydrogen-bond acceptors (Lipinski definition) is 3. The van der Waals surface area contributed by atoms with E-state index < -0.39 is 0 Å². The Bertz CT molecular complexity index is 759. The summed E-state index contributed by atoms with van der Waals surface area (Å²) >= 11 is 6.41. The van der Waals surface area contributed by atoms with Crippen molar-refractivity contribution >= 4 is 23.2 Å². The fourth-order valence-corrected chi connectivity index (χ4v) is 3.67. The van der Waals surface area contributed by atoms with Gasteiger partial charge in [-0.3, -0.25) is 4.79 Å². The maximum atomic E-state index is 13.1. The Kier molecular flexibility index (Phi) is 4.17. The van der Waals surface area contributed by atoms with Crippen LogP contribution in [0.3, 0.4) is 0 Å². The van der Waals surface area contributed by atoms with E-state index in [1.165, 1.54) is 0 Å². The Morgan fingerprint density at radius 2 is 1.96 bits per heavy atom. The molecule has 0 saturated carbocycles. The zero-order chi connectivity index (χ0) is 16.5. The number of carbonyl (C=O) groups is 1. The van der Waals surface area contributed by atoms with Gasteiger partial charge in [-0.15, -0.1) is 0 Å². The summed E-state index contributed by atoms with van der Waals surface area (Å²) < 4.78 is 5.75. The average molecular weight is 343 g/mol. The molecule has 1 saturated heterocycles. The summed E-state index contributed by atoms with van der Waals surface area (Å²) in [5.74, 6) is 0.0183. The molecule has 0 bridgehead atoms. The molecule has 24 heavy (non-hydrogen) atoms. The number of halogens is 1. The lowest BCUT2D eigenvalue weighted by Crippen LogP contribution is -2.46. The summed E-state index contributed by atoms with van der Waals surface area (Å²) in [7, 11) is 0. The third-order valence-electron chi connectivity index (χ3n) is 4.65. The lowest BCUT2D eigenvalue weighted by atomic mass is 10.0. The smallest absolute Gasteiger partial charge is 0.257 e. The van der Waals surface area contributed by atoms with Gasteiger partial charge in [0.25, 0.3) is 5.91 Å². The highest BCUT2D eigenvalue weighted by atomic mass is 35.5. The van der Waals surface area contributed by atoms with Gasteiger partial charge in [0, 0.05) is 29.4 Å². The van der Waals surface area contributed by atoms with E-state index in [0.717, 1.165) is 30.7 Å². The van der Waals surface area contributed by atoms with Crippen molar-refractivity contribution in [2.24, 2.45) is 0 Å². The average Bonchev–Trinajstić information content (AvgIpc) is 3.11. The SMILES string of the molecule is O=C1c2ccccc2NC(c2ccccc2Cl)N1CC1CCCO1. The van der Waals surface area contributed by atoms with E-state index >= 15 is 0 Å². The molecule has 2 unspecified atom stereocenters. The molecule has 0 radical (unpaired) electrons. The minimum absolute atomic E-state index is 0.0183. The molecule has 0 spiro atoms. The number of benzene rings is 2. The molecule has 4 nitrogen and oxygen atoms in total. The van der Waals surface area contributed by atoms with Crippen LogP contribution in [0.25, 0.3) is 0 Å². The summed E-state index contributed by atoms with van der Waals surface area (Å²) in [6.07, 6.45) is 1.84. The van der Waals surface area contributed by atoms with Crippen LogP contribution in [0.4, 0.5) is 5.69 Å². The molecule has 2 heterocycles. The number of para-hydroxylation sites is 1. The van der Waals surface area contributed by atoms with E-state index in [1.807, 2.05) is 53.4 Å². The molecular weight excluding hydrogens is 324 g/mol. The first-order valence-corrected chi connectivity index (χ1v) is 8.64. The van der Waals surface area contributed by atoms with Crippen LogP contribution in [0.15, 0.2) is 48.5 Å². The summed E-state index contributed by atoms with van der Waals surface area (Å²) in [4.78, 5) is 14.9. The fraction of sp³-hybridized carbons (Fsp3) is 0.316. The molecule has 1 amide bonds. The second-order valence-corrected chi connectivity index (χ2v) is 6.61. The largest absolute Gasteiger partial charge is 0.376 e. The highest BCUT2D eigenvalue weighted by Crippen LogP contribution is 2.36. The van der Waals surface area contributed by atoms with Gasteiger partial charge in [0.05, 0.1) is 11.7 Å². The van der Waals surface area contributed by atoms with Gasteiger partial charge in [-0.2, -0.15) is 0 Å². The van der Waals surface area contributed by atoms with Gasteiger partial charge in [-0.25, -0.2) is 0 Å². The van der Waals surface area contributed by atoms with Gasteiger partial charge in [-0.05, 0) is 31.0 Å². The zero-order valence-corrected chi connectivity index (χ0v) is 14.0. The van der Waals surface area contributed by atoms with E-state index in [1.54, 1.807) is 0 Å². The molecule has 2 aromatic rings. The number of nitrogens with one attached hydrogen (secondary N) is 1. The van der Waals surface area contributed by atoms with Crippen LogP contribution in [-0.2, 0) is 4.74 Å². The molecule has 0 aliphatic carbocycles. The van der Waals surface area contributed by atoms with Crippen molar-refractivity contribution in [2.75, 3.05) is 18.5 Å². The van der Waals surface area contributed by atoms with Crippen molar-refractivity contribution in [1.82, 2.24) is 4.90 Å². The van der Waals surface area contributed by atoms with Crippen LogP contribution in [0.5, 0.6) is 0 Å². The van der Waals surface area contributed by atoms with Gasteiger partial charge < -0.3 is 15.0 Å². The minimum Gasteiger partial charge on any atom is -0.376 e. The number of nitrogens with zero attached hydrogens (tertiary/aromatic N) is 1. The molecule has 2 aliphatic heterocycles. The quantitative estimate of drug-likeness (QED) is 0.913. The fourth-order valence-electron chi connectivity index (χ4n) is 3.43. The van der Waals surface area contributed by atoms with Crippen LogP contribution in [0, 0.1) is 0 Å². The van der Waals surface area contributed by atoms with Crippen molar-refractivity contribution in [3.05, 3.63) is 64.7 Å². The molecule has 124 valence electrons. The summed E-state index contributed by atoms with van der Waals surface area (Å²) in [6.45, 7) is 1.34. The Hall–Kier alpha value is -2.04. The molecule has 1 fully saturated rings. The lowest BCUT2D eigenvalue weighted by Gasteiger charge is -2.39. The van der Waals surface area contributed by atoms with Crippen molar-refractivity contribution in [1.29, 1.82) is 0 Å². The van der Waals surface area contributed by atoms with E-state index in [9.17, 15) is 4.79 Å². The van der Waals surface area contributed by atoms with Gasteiger partial charge in [-0.1, -0.05) is 41.9 Å². The van der Waals surface area contributed by atoms with Gasteiger partial charge >= 0.3 is 0 Å². The van der Waals surface area contributed by atoms with Crippen LogP contribution in [-0.4, -0.2) is 30.1 Å². The lowest BCUT2D eigenvalue weighted by molar-refractivity contribution is 0.0427. The summed E-state index contributed by atoms with van der Waals surface area (Å²) in [5, 5.41) is 4.13. The summed E-state index contributed by atoms with van der Waals surface area (Å²) in [6, 6.07) is 15.3. The van der Waals surface area contributed by atoms with Gasteiger partial charge in [0.15, 0.2) is 0 Å².